The number of benzene rings is 1. The van der Waals surface area contributed by atoms with Gasteiger partial charge in [0.05, 0.1) is 22.1 Å². The van der Waals surface area contributed by atoms with Gasteiger partial charge >= 0.3 is 0 Å². The molecule has 0 unspecified atom stereocenters. The second-order valence-electron chi connectivity index (χ2n) is 5.19. The molecular weight excluding hydrogens is 326 g/mol. The van der Waals surface area contributed by atoms with Crippen LogP contribution >= 0.6 is 24.4 Å². The van der Waals surface area contributed by atoms with Crippen LogP contribution in [0.15, 0.2) is 54.7 Å². The highest BCUT2D eigenvalue weighted by Crippen LogP contribution is 2.23. The Labute approximate surface area is 141 Å². The summed E-state index contributed by atoms with van der Waals surface area (Å²) >= 11 is 10.5. The number of nitrogens with zero attached hydrogens (tertiary/aromatic N) is 1. The van der Waals surface area contributed by atoms with Crippen LogP contribution in [0.4, 0.5) is 0 Å². The summed E-state index contributed by atoms with van der Waals surface area (Å²) in [4.78, 5) is 18.8. The lowest BCUT2D eigenvalue weighted by molar-refractivity contribution is 0.103. The van der Waals surface area contributed by atoms with Crippen molar-refractivity contribution in [3.63, 3.8) is 0 Å². The molecular formula is C17H11N3OS2. The molecule has 2 N–H and O–H groups in total. The van der Waals surface area contributed by atoms with Crippen molar-refractivity contribution in [1.82, 2.24) is 14.4 Å². The van der Waals surface area contributed by atoms with Crippen LogP contribution in [-0.2, 0) is 0 Å². The van der Waals surface area contributed by atoms with Gasteiger partial charge in [0.2, 0.25) is 5.78 Å². The number of carbonyl (C=O) groups is 1. The minimum Gasteiger partial charge on any atom is -0.331 e. The van der Waals surface area contributed by atoms with Crippen molar-refractivity contribution >= 4 is 46.6 Å². The van der Waals surface area contributed by atoms with E-state index in [4.69, 9.17) is 24.4 Å². The highest BCUT2D eigenvalue weighted by Gasteiger charge is 2.14. The van der Waals surface area contributed by atoms with Gasteiger partial charge in [-0.1, -0.05) is 48.6 Å². The number of fused-ring (bicyclic) bond motifs is 3. The van der Waals surface area contributed by atoms with Gasteiger partial charge in [-0.2, -0.15) is 0 Å². The quantitative estimate of drug-likeness (QED) is 0.420. The Morgan fingerprint density at radius 3 is 2.52 bits per heavy atom. The minimum atomic E-state index is -0.0370. The van der Waals surface area contributed by atoms with E-state index in [1.165, 1.54) is 0 Å². The molecule has 0 bridgehead atoms. The number of pyridine rings is 1. The SMILES string of the molecule is O=C(c1ccccc1)c1cccc2c3c(=S)[nH]c(=S)[nH]c3cn12. The number of rotatable bonds is 2. The average Bonchev–Trinajstić information content (AvgIpc) is 2.93. The van der Waals surface area contributed by atoms with Crippen LogP contribution in [-0.4, -0.2) is 20.2 Å². The maximum absolute atomic E-state index is 12.8. The number of aromatic amines is 2. The van der Waals surface area contributed by atoms with Gasteiger partial charge in [0, 0.05) is 11.8 Å². The lowest BCUT2D eigenvalue weighted by Gasteiger charge is -2.05. The zero-order valence-corrected chi connectivity index (χ0v) is 13.5. The molecule has 112 valence electrons. The van der Waals surface area contributed by atoms with Crippen LogP contribution in [0.2, 0.25) is 0 Å². The normalized spacial score (nSPS) is 11.1. The molecule has 0 radical (unpaired) electrons. The maximum Gasteiger partial charge on any atom is 0.209 e. The highest BCUT2D eigenvalue weighted by atomic mass is 32.1. The Balaban J connectivity index is 2.06. The summed E-state index contributed by atoms with van der Waals surface area (Å²) in [6, 6.07) is 14.8. The minimum absolute atomic E-state index is 0.0370. The summed E-state index contributed by atoms with van der Waals surface area (Å²) in [5.41, 5.74) is 2.91. The van der Waals surface area contributed by atoms with Gasteiger partial charge in [-0.25, -0.2) is 0 Å². The zero-order chi connectivity index (χ0) is 16.0. The van der Waals surface area contributed by atoms with Gasteiger partial charge in [-0.05, 0) is 24.4 Å². The van der Waals surface area contributed by atoms with Gasteiger partial charge in [0.25, 0.3) is 0 Å². The first-order valence-electron chi connectivity index (χ1n) is 7.01. The molecule has 4 rings (SSSR count). The summed E-state index contributed by atoms with van der Waals surface area (Å²) in [7, 11) is 0. The van der Waals surface area contributed by atoms with Crippen LogP contribution in [0, 0.1) is 9.41 Å². The van der Waals surface area contributed by atoms with Gasteiger partial charge in [-0.3, -0.25) is 4.79 Å². The molecule has 0 amide bonds. The molecule has 3 heterocycles. The van der Waals surface area contributed by atoms with Crippen molar-refractivity contribution in [2.45, 2.75) is 0 Å². The molecule has 0 spiro atoms. The average molecular weight is 337 g/mol. The van der Waals surface area contributed by atoms with E-state index in [1.807, 2.05) is 59.1 Å². The molecule has 0 saturated carbocycles. The molecule has 0 fully saturated rings. The molecule has 6 heteroatoms. The summed E-state index contributed by atoms with van der Waals surface area (Å²) in [6.45, 7) is 0. The van der Waals surface area contributed by atoms with E-state index in [9.17, 15) is 4.79 Å². The molecule has 3 aromatic heterocycles. The third-order valence-corrected chi connectivity index (χ3v) is 4.29. The third kappa shape index (κ3) is 2.23. The third-order valence-electron chi connectivity index (χ3n) is 3.78. The Bertz CT molecular complexity index is 1170. The van der Waals surface area contributed by atoms with Gasteiger partial charge < -0.3 is 14.4 Å². The van der Waals surface area contributed by atoms with Crippen molar-refractivity contribution in [3.05, 3.63) is 75.4 Å². The van der Waals surface area contributed by atoms with Crippen LogP contribution in [0.25, 0.3) is 16.4 Å². The van der Waals surface area contributed by atoms with Crippen LogP contribution < -0.4 is 0 Å². The van der Waals surface area contributed by atoms with E-state index in [0.29, 0.717) is 20.7 Å². The number of hydrogen-bond acceptors (Lipinski definition) is 3. The van der Waals surface area contributed by atoms with Crippen molar-refractivity contribution < 1.29 is 4.79 Å². The number of hydrogen-bond donors (Lipinski definition) is 2. The van der Waals surface area contributed by atoms with Crippen LogP contribution in [0.1, 0.15) is 16.1 Å². The Morgan fingerprint density at radius 1 is 0.957 bits per heavy atom. The van der Waals surface area contributed by atoms with Gasteiger partial charge in [-0.15, -0.1) is 0 Å². The number of ketones is 1. The second kappa shape index (κ2) is 5.26. The topological polar surface area (TPSA) is 53.1 Å². The Morgan fingerprint density at radius 2 is 1.74 bits per heavy atom. The first-order chi connectivity index (χ1) is 11.1. The fraction of sp³-hybridized carbons (Fsp3) is 0. The first-order valence-corrected chi connectivity index (χ1v) is 7.83. The molecule has 0 aliphatic heterocycles. The van der Waals surface area contributed by atoms with E-state index < -0.39 is 0 Å². The highest BCUT2D eigenvalue weighted by molar-refractivity contribution is 7.72. The van der Waals surface area contributed by atoms with Crippen molar-refractivity contribution in [2.24, 2.45) is 0 Å². The largest absolute Gasteiger partial charge is 0.331 e. The van der Waals surface area contributed by atoms with E-state index >= 15 is 0 Å². The van der Waals surface area contributed by atoms with Crippen molar-refractivity contribution in [2.75, 3.05) is 0 Å². The lowest BCUT2D eigenvalue weighted by Crippen LogP contribution is -2.06. The maximum atomic E-state index is 12.8. The number of aromatic nitrogens is 3. The molecule has 23 heavy (non-hydrogen) atoms. The van der Waals surface area contributed by atoms with Gasteiger partial charge in [0.15, 0.2) is 4.77 Å². The molecule has 1 aromatic carbocycles. The molecule has 4 nitrogen and oxygen atoms in total. The molecule has 0 atom stereocenters. The Hall–Kier alpha value is -2.57. The van der Waals surface area contributed by atoms with Crippen molar-refractivity contribution in [1.29, 1.82) is 0 Å². The first kappa shape index (κ1) is 14.0. The van der Waals surface area contributed by atoms with E-state index in [2.05, 4.69) is 9.97 Å². The fourth-order valence-corrected chi connectivity index (χ4v) is 3.36. The standard InChI is InChI=1S/C17H11N3OS2/c21-15(10-5-2-1-3-6-10)13-8-4-7-12-14-11(9-20(12)13)18-17(23)19-16(14)22/h1-9H,(H2,18,19,22,23). The van der Waals surface area contributed by atoms with Crippen LogP contribution in [0.5, 0.6) is 0 Å². The molecule has 0 saturated heterocycles. The predicted octanol–water partition coefficient (Wildman–Crippen LogP) is 4.44. The van der Waals surface area contributed by atoms with Gasteiger partial charge in [0.1, 0.15) is 4.64 Å². The van der Waals surface area contributed by atoms with E-state index in [-0.39, 0.29) is 5.78 Å². The summed E-state index contributed by atoms with van der Waals surface area (Å²) in [6.07, 6.45) is 1.86. The second-order valence-corrected chi connectivity index (χ2v) is 6.00. The van der Waals surface area contributed by atoms with Crippen molar-refractivity contribution in [3.8, 4) is 0 Å². The number of H-pyrrole nitrogens is 2. The smallest absolute Gasteiger partial charge is 0.209 e. The number of carbonyl (C=O) groups excluding carboxylic acids is 1. The molecule has 4 aromatic rings. The summed E-state index contributed by atoms with van der Waals surface area (Å²) in [5, 5.41) is 0.858. The molecule has 0 aliphatic carbocycles. The fourth-order valence-electron chi connectivity index (χ4n) is 2.77. The van der Waals surface area contributed by atoms with E-state index in [0.717, 1.165) is 16.4 Å². The monoisotopic (exact) mass is 337 g/mol. The summed E-state index contributed by atoms with van der Waals surface area (Å²) in [5.74, 6) is -0.0370. The van der Waals surface area contributed by atoms with Crippen LogP contribution in [0.3, 0.4) is 0 Å². The van der Waals surface area contributed by atoms with E-state index in [1.54, 1.807) is 0 Å². The Kier molecular flexibility index (Phi) is 3.21. The zero-order valence-electron chi connectivity index (χ0n) is 11.9. The predicted molar refractivity (Wildman–Crippen MR) is 95.1 cm³/mol. The lowest BCUT2D eigenvalue weighted by atomic mass is 10.1. The summed E-state index contributed by atoms with van der Waals surface area (Å²) < 4.78 is 2.89. The molecule has 0 aliphatic rings. The number of nitrogens with one attached hydrogen (secondary N) is 2.